The highest BCUT2D eigenvalue weighted by atomic mass is 16.3. The lowest BCUT2D eigenvalue weighted by Crippen LogP contribution is -2.32. The smallest absolute Gasteiger partial charge is 0.290 e. The van der Waals surface area contributed by atoms with E-state index in [1.165, 1.54) is 0 Å². The van der Waals surface area contributed by atoms with Crippen LogP contribution < -0.4 is 0 Å². The number of ketones is 1. The Kier molecular flexibility index (Phi) is 4.40. The van der Waals surface area contributed by atoms with Crippen LogP contribution in [0.25, 0.3) is 0 Å². The van der Waals surface area contributed by atoms with Crippen molar-refractivity contribution in [3.63, 3.8) is 0 Å². The summed E-state index contributed by atoms with van der Waals surface area (Å²) < 4.78 is 0. The summed E-state index contributed by atoms with van der Waals surface area (Å²) in [4.78, 5) is 30.3. The number of rotatable bonds is 5. The summed E-state index contributed by atoms with van der Waals surface area (Å²) in [6.07, 6.45) is 4.02. The van der Waals surface area contributed by atoms with Crippen molar-refractivity contribution < 1.29 is 14.7 Å². The maximum absolute atomic E-state index is 12.4. The van der Waals surface area contributed by atoms with E-state index in [1.807, 2.05) is 13.0 Å². The lowest BCUT2D eigenvalue weighted by molar-refractivity contribution is -0.129. The van der Waals surface area contributed by atoms with Crippen LogP contribution in [-0.4, -0.2) is 33.2 Å². The zero-order valence-corrected chi connectivity index (χ0v) is 12.5. The van der Waals surface area contributed by atoms with E-state index in [4.69, 9.17) is 0 Å². The van der Waals surface area contributed by atoms with Gasteiger partial charge in [-0.3, -0.25) is 14.6 Å². The van der Waals surface area contributed by atoms with Crippen molar-refractivity contribution >= 4 is 11.7 Å². The number of aliphatic hydroxyl groups excluding tert-OH is 1. The van der Waals surface area contributed by atoms with E-state index in [0.717, 1.165) is 12.0 Å². The molecule has 2 rings (SSSR count). The second kappa shape index (κ2) is 6.08. The van der Waals surface area contributed by atoms with Gasteiger partial charge in [0.2, 0.25) is 0 Å². The fourth-order valence-corrected chi connectivity index (χ4v) is 2.57. The Balaban J connectivity index is 2.53. The summed E-state index contributed by atoms with van der Waals surface area (Å²) in [6, 6.07) is 3.04. The Labute approximate surface area is 124 Å². The number of hydrogen-bond acceptors (Lipinski definition) is 4. The molecule has 1 amide bonds. The standard InChI is InChI=1S/C16H20N2O3/c1-4-8-18-13(11-6-5-7-17-9-11)12(14(19)10(2)3)15(20)16(18)21/h5-7,9-10,13,20H,4,8H2,1-3H3. The van der Waals surface area contributed by atoms with Crippen LogP contribution in [0.2, 0.25) is 0 Å². The van der Waals surface area contributed by atoms with Gasteiger partial charge in [-0.1, -0.05) is 26.8 Å². The van der Waals surface area contributed by atoms with Gasteiger partial charge in [-0.15, -0.1) is 0 Å². The van der Waals surface area contributed by atoms with Gasteiger partial charge in [0.25, 0.3) is 5.91 Å². The first-order chi connectivity index (χ1) is 9.99. The molecule has 5 heteroatoms. The van der Waals surface area contributed by atoms with E-state index in [2.05, 4.69) is 4.98 Å². The Morgan fingerprint density at radius 1 is 1.48 bits per heavy atom. The topological polar surface area (TPSA) is 70.5 Å². The molecule has 1 aromatic heterocycles. The molecule has 0 bridgehead atoms. The van der Waals surface area contributed by atoms with Crippen molar-refractivity contribution in [2.45, 2.75) is 33.2 Å². The third-order valence-electron chi connectivity index (χ3n) is 3.56. The Hall–Kier alpha value is -2.17. The van der Waals surface area contributed by atoms with Crippen molar-refractivity contribution in [1.82, 2.24) is 9.88 Å². The molecule has 5 nitrogen and oxygen atoms in total. The highest BCUT2D eigenvalue weighted by Crippen LogP contribution is 2.38. The SMILES string of the molecule is CCCN1C(=O)C(O)=C(C(=O)C(C)C)C1c1cccnc1. The van der Waals surface area contributed by atoms with E-state index in [1.54, 1.807) is 37.2 Å². The Morgan fingerprint density at radius 3 is 2.71 bits per heavy atom. The minimum atomic E-state index is -0.541. The first kappa shape index (κ1) is 15.2. The van der Waals surface area contributed by atoms with Crippen LogP contribution in [0.1, 0.15) is 38.8 Å². The van der Waals surface area contributed by atoms with Gasteiger partial charge < -0.3 is 10.0 Å². The van der Waals surface area contributed by atoms with E-state index < -0.39 is 17.7 Å². The third kappa shape index (κ3) is 2.68. The minimum Gasteiger partial charge on any atom is -0.503 e. The maximum atomic E-state index is 12.4. The van der Waals surface area contributed by atoms with Crippen LogP contribution in [-0.2, 0) is 9.59 Å². The summed E-state index contributed by atoms with van der Waals surface area (Å²) in [5.41, 5.74) is 0.934. The molecule has 21 heavy (non-hydrogen) atoms. The van der Waals surface area contributed by atoms with Crippen LogP contribution in [0.5, 0.6) is 0 Å². The molecular formula is C16H20N2O3. The average Bonchev–Trinajstić information content (AvgIpc) is 2.72. The first-order valence-corrected chi connectivity index (χ1v) is 7.17. The zero-order chi connectivity index (χ0) is 15.6. The van der Waals surface area contributed by atoms with Crippen molar-refractivity contribution in [1.29, 1.82) is 0 Å². The molecule has 112 valence electrons. The highest BCUT2D eigenvalue weighted by molar-refractivity contribution is 6.09. The molecule has 1 aliphatic heterocycles. The van der Waals surface area contributed by atoms with Gasteiger partial charge in [-0.25, -0.2) is 0 Å². The van der Waals surface area contributed by atoms with Crippen molar-refractivity contribution in [3.8, 4) is 0 Å². The predicted molar refractivity (Wildman–Crippen MR) is 78.5 cm³/mol. The summed E-state index contributed by atoms with van der Waals surface area (Å²) >= 11 is 0. The van der Waals surface area contributed by atoms with E-state index in [-0.39, 0.29) is 17.3 Å². The number of nitrogens with zero attached hydrogens (tertiary/aromatic N) is 2. The van der Waals surface area contributed by atoms with E-state index in [9.17, 15) is 14.7 Å². The van der Waals surface area contributed by atoms with Gasteiger partial charge in [-0.05, 0) is 18.1 Å². The van der Waals surface area contributed by atoms with E-state index >= 15 is 0 Å². The summed E-state index contributed by atoms with van der Waals surface area (Å²) in [5.74, 6) is -1.38. The molecule has 0 saturated carbocycles. The molecule has 1 aliphatic rings. The third-order valence-corrected chi connectivity index (χ3v) is 3.56. The number of aliphatic hydroxyl groups is 1. The Bertz CT molecular complexity index is 578. The van der Waals surface area contributed by atoms with Crippen LogP contribution in [0.3, 0.4) is 0 Å². The quantitative estimate of drug-likeness (QED) is 0.903. The van der Waals surface area contributed by atoms with Crippen LogP contribution in [0.4, 0.5) is 0 Å². The average molecular weight is 288 g/mol. The fraction of sp³-hybridized carbons (Fsp3) is 0.438. The summed E-state index contributed by atoms with van der Waals surface area (Å²) in [7, 11) is 0. The van der Waals surface area contributed by atoms with Gasteiger partial charge in [0.15, 0.2) is 11.5 Å². The molecule has 0 spiro atoms. The van der Waals surface area contributed by atoms with Gasteiger partial charge in [0.05, 0.1) is 11.6 Å². The summed E-state index contributed by atoms with van der Waals surface area (Å²) in [6.45, 7) is 5.95. The van der Waals surface area contributed by atoms with Crippen molar-refractivity contribution in [2.24, 2.45) is 5.92 Å². The molecule has 1 atom stereocenters. The van der Waals surface area contributed by atoms with Gasteiger partial charge >= 0.3 is 0 Å². The molecule has 0 saturated heterocycles. The van der Waals surface area contributed by atoms with Gasteiger partial charge in [0.1, 0.15) is 0 Å². The van der Waals surface area contributed by atoms with Crippen LogP contribution >= 0.6 is 0 Å². The molecule has 0 aliphatic carbocycles. The number of carbonyl (C=O) groups excluding carboxylic acids is 2. The number of pyridine rings is 1. The second-order valence-corrected chi connectivity index (χ2v) is 5.47. The Morgan fingerprint density at radius 2 is 2.19 bits per heavy atom. The van der Waals surface area contributed by atoms with Crippen molar-refractivity contribution in [2.75, 3.05) is 6.54 Å². The minimum absolute atomic E-state index is 0.191. The molecule has 2 heterocycles. The number of Topliss-reactive ketones (excluding diaryl/α,β-unsaturated/α-hetero) is 1. The predicted octanol–water partition coefficient (Wildman–Crippen LogP) is 2.41. The highest BCUT2D eigenvalue weighted by Gasteiger charge is 2.43. The first-order valence-electron chi connectivity index (χ1n) is 7.17. The number of hydrogen-bond donors (Lipinski definition) is 1. The molecule has 1 aromatic rings. The van der Waals surface area contributed by atoms with Gasteiger partial charge in [0, 0.05) is 24.9 Å². The van der Waals surface area contributed by atoms with Crippen molar-refractivity contribution in [3.05, 3.63) is 41.4 Å². The van der Waals surface area contributed by atoms with Crippen LogP contribution in [0.15, 0.2) is 35.9 Å². The number of aromatic nitrogens is 1. The van der Waals surface area contributed by atoms with E-state index in [0.29, 0.717) is 6.54 Å². The molecule has 1 unspecified atom stereocenters. The van der Waals surface area contributed by atoms with Crippen LogP contribution in [0, 0.1) is 5.92 Å². The molecule has 0 aromatic carbocycles. The number of carbonyl (C=O) groups is 2. The normalized spacial score (nSPS) is 18.8. The zero-order valence-electron chi connectivity index (χ0n) is 12.5. The lowest BCUT2D eigenvalue weighted by atomic mass is 9.92. The maximum Gasteiger partial charge on any atom is 0.290 e. The monoisotopic (exact) mass is 288 g/mol. The van der Waals surface area contributed by atoms with Gasteiger partial charge in [-0.2, -0.15) is 0 Å². The molecule has 0 radical (unpaired) electrons. The molecule has 0 fully saturated rings. The largest absolute Gasteiger partial charge is 0.503 e. The number of amides is 1. The molecular weight excluding hydrogens is 268 g/mol. The summed E-state index contributed by atoms with van der Waals surface area (Å²) in [5, 5.41) is 10.2. The lowest BCUT2D eigenvalue weighted by Gasteiger charge is -2.26. The fourth-order valence-electron chi connectivity index (χ4n) is 2.57. The second-order valence-electron chi connectivity index (χ2n) is 5.47. The molecule has 1 N–H and O–H groups in total.